The van der Waals surface area contributed by atoms with Crippen LogP contribution in [0.4, 0.5) is 27.9 Å². The number of nitrogens with zero attached hydrogens (tertiary/aromatic N) is 3. The summed E-state index contributed by atoms with van der Waals surface area (Å²) in [7, 11) is 1.45. The van der Waals surface area contributed by atoms with Crippen molar-refractivity contribution in [3.8, 4) is 5.75 Å². The van der Waals surface area contributed by atoms with Crippen molar-refractivity contribution in [1.82, 2.24) is 15.0 Å². The molecular weight excluding hydrogens is 407 g/mol. The first-order valence-corrected chi connectivity index (χ1v) is 12.1. The molecule has 32 heavy (non-hydrogen) atoms. The van der Waals surface area contributed by atoms with Gasteiger partial charge in [0.25, 0.3) is 0 Å². The molecule has 0 saturated heterocycles. The van der Waals surface area contributed by atoms with Crippen LogP contribution in [0.2, 0.25) is 0 Å². The number of rotatable bonds is 8. The molecule has 0 aliphatic heterocycles. The summed E-state index contributed by atoms with van der Waals surface area (Å²) < 4.78 is 19.2. The van der Waals surface area contributed by atoms with E-state index in [4.69, 9.17) is 4.74 Å². The van der Waals surface area contributed by atoms with E-state index < -0.39 is 5.82 Å². The Morgan fingerprint density at radius 1 is 0.875 bits per heavy atom. The van der Waals surface area contributed by atoms with E-state index in [-0.39, 0.29) is 5.75 Å². The van der Waals surface area contributed by atoms with Crippen LogP contribution in [0.25, 0.3) is 0 Å². The van der Waals surface area contributed by atoms with Crippen LogP contribution in [0.5, 0.6) is 5.75 Å². The molecule has 2 aliphatic rings. The van der Waals surface area contributed by atoms with Gasteiger partial charge in [-0.05, 0) is 43.7 Å². The summed E-state index contributed by atoms with van der Waals surface area (Å²) in [6.45, 7) is 0.865. The molecule has 0 spiro atoms. The lowest BCUT2D eigenvalue weighted by atomic mass is 9.89. The number of hydrogen-bond acceptors (Lipinski definition) is 7. The Hall–Kier alpha value is -2.64. The minimum atomic E-state index is -0.431. The lowest BCUT2D eigenvalue weighted by molar-refractivity contribution is 0.373. The van der Waals surface area contributed by atoms with Crippen LogP contribution in [0, 0.1) is 11.7 Å². The molecule has 4 rings (SSSR count). The third-order valence-electron chi connectivity index (χ3n) is 6.51. The van der Waals surface area contributed by atoms with E-state index in [1.54, 1.807) is 12.1 Å². The Bertz CT molecular complexity index is 866. The highest BCUT2D eigenvalue weighted by Gasteiger charge is 2.17. The van der Waals surface area contributed by atoms with Gasteiger partial charge < -0.3 is 20.7 Å². The molecular formula is C24H35FN6O. The highest BCUT2D eigenvalue weighted by molar-refractivity contribution is 5.57. The molecule has 174 valence electrons. The van der Waals surface area contributed by atoms with Gasteiger partial charge in [-0.2, -0.15) is 15.0 Å². The minimum absolute atomic E-state index is 0.205. The summed E-state index contributed by atoms with van der Waals surface area (Å²) in [6, 6.07) is 5.10. The Morgan fingerprint density at radius 3 is 2.25 bits per heavy atom. The maximum atomic E-state index is 14.1. The predicted molar refractivity (Wildman–Crippen MR) is 126 cm³/mol. The molecule has 1 aromatic carbocycles. The van der Waals surface area contributed by atoms with E-state index in [2.05, 4.69) is 30.9 Å². The molecule has 7 nitrogen and oxygen atoms in total. The van der Waals surface area contributed by atoms with Crippen molar-refractivity contribution in [1.29, 1.82) is 0 Å². The van der Waals surface area contributed by atoms with E-state index in [1.807, 2.05) is 0 Å². The molecule has 0 amide bonds. The molecule has 0 radical (unpaired) electrons. The third-order valence-corrected chi connectivity index (χ3v) is 6.51. The van der Waals surface area contributed by atoms with E-state index >= 15 is 0 Å². The van der Waals surface area contributed by atoms with Crippen LogP contribution in [-0.4, -0.2) is 34.6 Å². The van der Waals surface area contributed by atoms with Crippen molar-refractivity contribution >= 4 is 23.5 Å². The Kier molecular flexibility index (Phi) is 7.96. The number of methoxy groups -OCH3 is 1. The predicted octanol–water partition coefficient (Wildman–Crippen LogP) is 5.89. The third kappa shape index (κ3) is 6.43. The zero-order valence-electron chi connectivity index (χ0n) is 19.0. The molecule has 1 aromatic heterocycles. The maximum absolute atomic E-state index is 14.1. The Labute approximate surface area is 190 Å². The molecule has 3 N–H and O–H groups in total. The van der Waals surface area contributed by atoms with E-state index in [0.717, 1.165) is 19.4 Å². The standard InChI is InChI=1S/C24H35FN6O/c1-32-21-14-13-19(15-20(21)25)28-24-30-22(26-16-17-9-5-4-6-10-17)29-23(31-24)27-18-11-7-2-3-8-12-18/h13-15,17-18H,2-12,16H2,1H3,(H3,26,27,28,29,30,31). The van der Waals surface area contributed by atoms with Crippen molar-refractivity contribution in [2.24, 2.45) is 5.92 Å². The van der Waals surface area contributed by atoms with Crippen LogP contribution >= 0.6 is 0 Å². The number of halogens is 1. The quantitative estimate of drug-likeness (QED) is 0.440. The van der Waals surface area contributed by atoms with E-state index in [1.165, 1.54) is 71.0 Å². The zero-order chi connectivity index (χ0) is 22.2. The van der Waals surface area contributed by atoms with Crippen molar-refractivity contribution < 1.29 is 9.13 Å². The monoisotopic (exact) mass is 442 g/mol. The number of nitrogens with one attached hydrogen (secondary N) is 3. The van der Waals surface area contributed by atoms with Gasteiger partial charge in [0.2, 0.25) is 17.8 Å². The second-order valence-electron chi connectivity index (χ2n) is 9.00. The average molecular weight is 443 g/mol. The average Bonchev–Trinajstić information content (AvgIpc) is 3.07. The van der Waals surface area contributed by atoms with Gasteiger partial charge in [-0.25, -0.2) is 4.39 Å². The first kappa shape index (κ1) is 22.6. The number of hydrogen-bond donors (Lipinski definition) is 3. The first-order chi connectivity index (χ1) is 15.7. The van der Waals surface area contributed by atoms with Crippen molar-refractivity contribution in [3.63, 3.8) is 0 Å². The highest BCUT2D eigenvalue weighted by atomic mass is 19.1. The molecule has 2 aromatic rings. The van der Waals surface area contributed by atoms with E-state index in [0.29, 0.717) is 35.5 Å². The maximum Gasteiger partial charge on any atom is 0.233 e. The van der Waals surface area contributed by atoms with Crippen LogP contribution in [0.1, 0.15) is 70.6 Å². The summed E-state index contributed by atoms with van der Waals surface area (Å²) in [5, 5.41) is 10.1. The van der Waals surface area contributed by atoms with Gasteiger partial charge in [-0.3, -0.25) is 0 Å². The molecule has 0 atom stereocenters. The van der Waals surface area contributed by atoms with Gasteiger partial charge in [-0.1, -0.05) is 44.9 Å². The fraction of sp³-hybridized carbons (Fsp3) is 0.625. The first-order valence-electron chi connectivity index (χ1n) is 12.1. The number of ether oxygens (including phenoxy) is 1. The summed E-state index contributed by atoms with van der Waals surface area (Å²) in [6.07, 6.45) is 13.7. The van der Waals surface area contributed by atoms with E-state index in [9.17, 15) is 4.39 Å². The summed E-state index contributed by atoms with van der Waals surface area (Å²) in [5.74, 6) is 1.95. The Balaban J connectivity index is 1.50. The number of aromatic nitrogens is 3. The van der Waals surface area contributed by atoms with Crippen LogP contribution < -0.4 is 20.7 Å². The molecule has 2 aliphatic carbocycles. The number of benzene rings is 1. The largest absolute Gasteiger partial charge is 0.494 e. The van der Waals surface area contributed by atoms with Gasteiger partial charge in [0, 0.05) is 24.3 Å². The molecule has 0 unspecified atom stereocenters. The van der Waals surface area contributed by atoms with Crippen molar-refractivity contribution in [3.05, 3.63) is 24.0 Å². The second kappa shape index (κ2) is 11.3. The smallest absolute Gasteiger partial charge is 0.233 e. The van der Waals surface area contributed by atoms with Crippen molar-refractivity contribution in [2.75, 3.05) is 29.6 Å². The fourth-order valence-corrected chi connectivity index (χ4v) is 4.68. The highest BCUT2D eigenvalue weighted by Crippen LogP contribution is 2.26. The minimum Gasteiger partial charge on any atom is -0.494 e. The van der Waals surface area contributed by atoms with Gasteiger partial charge in [0.05, 0.1) is 7.11 Å². The Morgan fingerprint density at radius 2 is 1.53 bits per heavy atom. The summed E-state index contributed by atoms with van der Waals surface area (Å²) in [5.41, 5.74) is 0.563. The lowest BCUT2D eigenvalue weighted by Gasteiger charge is -2.22. The van der Waals surface area contributed by atoms with Crippen LogP contribution in [-0.2, 0) is 0 Å². The molecule has 2 fully saturated rings. The second-order valence-corrected chi connectivity index (χ2v) is 9.00. The van der Waals surface area contributed by atoms with Gasteiger partial charge in [0.1, 0.15) is 0 Å². The van der Waals surface area contributed by atoms with Crippen molar-refractivity contribution in [2.45, 2.75) is 76.7 Å². The molecule has 2 saturated carbocycles. The summed E-state index contributed by atoms with van der Waals surface area (Å²) >= 11 is 0. The molecule has 0 bridgehead atoms. The van der Waals surface area contributed by atoms with Gasteiger partial charge in [-0.15, -0.1) is 0 Å². The topological polar surface area (TPSA) is 84.0 Å². The van der Waals surface area contributed by atoms with Gasteiger partial charge >= 0.3 is 0 Å². The number of anilines is 4. The summed E-state index contributed by atoms with van der Waals surface area (Å²) in [4.78, 5) is 13.8. The molecule has 8 heteroatoms. The SMILES string of the molecule is COc1ccc(Nc2nc(NCC3CCCCC3)nc(NC3CCCCCC3)n2)cc1F. The lowest BCUT2D eigenvalue weighted by Crippen LogP contribution is -2.22. The van der Waals surface area contributed by atoms with Crippen LogP contribution in [0.3, 0.4) is 0 Å². The normalized spacial score (nSPS) is 18.1. The fourth-order valence-electron chi connectivity index (χ4n) is 4.68. The zero-order valence-corrected chi connectivity index (χ0v) is 19.0. The van der Waals surface area contributed by atoms with Gasteiger partial charge in [0.15, 0.2) is 11.6 Å². The molecule has 1 heterocycles. The van der Waals surface area contributed by atoms with Crippen LogP contribution in [0.15, 0.2) is 18.2 Å².